The van der Waals surface area contributed by atoms with Crippen molar-refractivity contribution in [3.63, 3.8) is 0 Å². The monoisotopic (exact) mass is 166 g/mol. The van der Waals surface area contributed by atoms with Crippen molar-refractivity contribution in [3.05, 3.63) is 35.7 Å². The molecule has 0 radical (unpaired) electrons. The van der Waals surface area contributed by atoms with Gasteiger partial charge in [0.1, 0.15) is 17.9 Å². The lowest BCUT2D eigenvalue weighted by Gasteiger charge is -1.96. The third kappa shape index (κ3) is 1.92. The predicted octanol–water partition coefficient (Wildman–Crippen LogP) is 1.74. The van der Waals surface area contributed by atoms with Gasteiger partial charge in [0.15, 0.2) is 0 Å². The normalized spacial score (nSPS) is 10.4. The lowest BCUT2D eigenvalue weighted by atomic mass is 10.2. The molecule has 0 aromatic heterocycles. The maximum atomic E-state index is 12.4. The summed E-state index contributed by atoms with van der Waals surface area (Å²) < 4.78 is 12.4. The summed E-state index contributed by atoms with van der Waals surface area (Å²) in [5.41, 5.74) is 0.420. The Labute approximate surface area is 69.0 Å². The molecule has 0 aliphatic heterocycles. The molecule has 0 bridgehead atoms. The van der Waals surface area contributed by atoms with Crippen LogP contribution in [-0.2, 0) is 4.79 Å². The predicted molar refractivity (Wildman–Crippen MR) is 43.2 cm³/mol. The highest BCUT2D eigenvalue weighted by molar-refractivity contribution is 5.75. The van der Waals surface area contributed by atoms with E-state index in [1.54, 1.807) is 0 Å². The van der Waals surface area contributed by atoms with E-state index in [-0.39, 0.29) is 5.75 Å². The molecule has 0 atom stereocenters. The minimum absolute atomic E-state index is 0.173. The Morgan fingerprint density at radius 1 is 1.42 bits per heavy atom. The van der Waals surface area contributed by atoms with Crippen LogP contribution in [0, 0.1) is 5.82 Å². The van der Waals surface area contributed by atoms with Gasteiger partial charge in [-0.05, 0) is 24.3 Å². The first-order chi connectivity index (χ1) is 5.74. The van der Waals surface area contributed by atoms with Crippen molar-refractivity contribution in [3.8, 4) is 5.75 Å². The molecule has 0 spiro atoms. The number of hydrogen-bond donors (Lipinski definition) is 1. The fourth-order valence-corrected chi connectivity index (χ4v) is 0.801. The first kappa shape index (κ1) is 8.46. The van der Waals surface area contributed by atoms with Gasteiger partial charge < -0.3 is 5.11 Å². The second-order valence-corrected chi connectivity index (χ2v) is 2.20. The summed E-state index contributed by atoms with van der Waals surface area (Å²) in [6.07, 6.45) is 3.22. The quantitative estimate of drug-likeness (QED) is 0.536. The minimum Gasteiger partial charge on any atom is -0.507 e. The molecule has 1 aromatic carbocycles. The number of carbonyl (C=O) groups excluding carboxylic acids is 1. The summed E-state index contributed by atoms with van der Waals surface area (Å²) in [7, 11) is 0. The SMILES string of the molecule is O=CC=Cc1ccc(F)cc1O. The van der Waals surface area contributed by atoms with Gasteiger partial charge in [-0.25, -0.2) is 4.39 Å². The van der Waals surface area contributed by atoms with Gasteiger partial charge in [0, 0.05) is 11.6 Å². The molecule has 0 saturated heterocycles. The Morgan fingerprint density at radius 3 is 2.75 bits per heavy atom. The molecule has 0 saturated carbocycles. The third-order valence-corrected chi connectivity index (χ3v) is 1.35. The van der Waals surface area contributed by atoms with Crippen LogP contribution in [0.25, 0.3) is 6.08 Å². The van der Waals surface area contributed by atoms with Crippen molar-refractivity contribution in [2.45, 2.75) is 0 Å². The van der Waals surface area contributed by atoms with E-state index < -0.39 is 5.82 Å². The first-order valence-corrected chi connectivity index (χ1v) is 3.34. The molecular weight excluding hydrogens is 159 g/mol. The van der Waals surface area contributed by atoms with Crippen LogP contribution in [-0.4, -0.2) is 11.4 Å². The number of allylic oxidation sites excluding steroid dienone is 1. The highest BCUT2D eigenvalue weighted by atomic mass is 19.1. The molecule has 12 heavy (non-hydrogen) atoms. The van der Waals surface area contributed by atoms with E-state index in [9.17, 15) is 9.18 Å². The number of phenols is 1. The van der Waals surface area contributed by atoms with Gasteiger partial charge in [-0.2, -0.15) is 0 Å². The van der Waals surface area contributed by atoms with Gasteiger partial charge in [0.25, 0.3) is 0 Å². The molecule has 0 unspecified atom stereocenters. The molecule has 1 rings (SSSR count). The van der Waals surface area contributed by atoms with Crippen LogP contribution in [0.1, 0.15) is 5.56 Å². The van der Waals surface area contributed by atoms with E-state index >= 15 is 0 Å². The molecule has 0 aliphatic rings. The van der Waals surface area contributed by atoms with E-state index in [1.165, 1.54) is 24.3 Å². The van der Waals surface area contributed by atoms with Crippen molar-refractivity contribution in [2.75, 3.05) is 0 Å². The maximum Gasteiger partial charge on any atom is 0.142 e. The topological polar surface area (TPSA) is 37.3 Å². The summed E-state index contributed by atoms with van der Waals surface area (Å²) in [6, 6.07) is 3.60. The van der Waals surface area contributed by atoms with Crippen LogP contribution in [0.5, 0.6) is 5.75 Å². The zero-order valence-electron chi connectivity index (χ0n) is 6.20. The van der Waals surface area contributed by atoms with Gasteiger partial charge >= 0.3 is 0 Å². The van der Waals surface area contributed by atoms with Crippen molar-refractivity contribution in [1.82, 2.24) is 0 Å². The number of halogens is 1. The third-order valence-electron chi connectivity index (χ3n) is 1.35. The van der Waals surface area contributed by atoms with Gasteiger partial charge in [0.05, 0.1) is 0 Å². The number of carbonyl (C=O) groups is 1. The molecule has 2 nitrogen and oxygen atoms in total. The molecule has 0 aliphatic carbocycles. The average molecular weight is 166 g/mol. The molecule has 0 heterocycles. The van der Waals surface area contributed by atoms with Crippen LogP contribution in [0.3, 0.4) is 0 Å². The fraction of sp³-hybridized carbons (Fsp3) is 0. The molecule has 1 aromatic rings. The first-order valence-electron chi connectivity index (χ1n) is 3.34. The number of aromatic hydroxyl groups is 1. The van der Waals surface area contributed by atoms with Gasteiger partial charge in [0.2, 0.25) is 0 Å². The Balaban J connectivity index is 3.01. The summed E-state index contributed by atoms with van der Waals surface area (Å²) >= 11 is 0. The van der Waals surface area contributed by atoms with E-state index in [2.05, 4.69) is 0 Å². The minimum atomic E-state index is -0.504. The zero-order chi connectivity index (χ0) is 8.97. The molecule has 62 valence electrons. The summed E-state index contributed by atoms with van der Waals surface area (Å²) in [5, 5.41) is 9.11. The average Bonchev–Trinajstić information content (AvgIpc) is 2.03. The fourth-order valence-electron chi connectivity index (χ4n) is 0.801. The van der Waals surface area contributed by atoms with Crippen molar-refractivity contribution in [2.24, 2.45) is 0 Å². The van der Waals surface area contributed by atoms with Crippen molar-refractivity contribution < 1.29 is 14.3 Å². The summed E-state index contributed by atoms with van der Waals surface area (Å²) in [5.74, 6) is -0.677. The smallest absolute Gasteiger partial charge is 0.142 e. The van der Waals surface area contributed by atoms with Gasteiger partial charge in [-0.1, -0.05) is 0 Å². The second kappa shape index (κ2) is 3.67. The second-order valence-electron chi connectivity index (χ2n) is 2.20. The summed E-state index contributed by atoms with van der Waals surface area (Å²) in [6.45, 7) is 0. The lowest BCUT2D eigenvalue weighted by molar-refractivity contribution is -0.104. The highest BCUT2D eigenvalue weighted by Gasteiger charge is 1.97. The number of benzene rings is 1. The molecule has 1 N–H and O–H groups in total. The van der Waals surface area contributed by atoms with Crippen molar-refractivity contribution >= 4 is 12.4 Å². The Bertz CT molecular complexity index is 318. The standard InChI is InChI=1S/C9H7FO2/c10-8-4-3-7(2-1-5-11)9(12)6-8/h1-6,12H. The van der Waals surface area contributed by atoms with Crippen LogP contribution < -0.4 is 0 Å². The van der Waals surface area contributed by atoms with E-state index in [4.69, 9.17) is 5.11 Å². The Morgan fingerprint density at radius 2 is 2.17 bits per heavy atom. The van der Waals surface area contributed by atoms with Gasteiger partial charge in [-0.15, -0.1) is 0 Å². The largest absolute Gasteiger partial charge is 0.507 e. The number of phenolic OH excluding ortho intramolecular Hbond substituents is 1. The molecule has 0 fully saturated rings. The van der Waals surface area contributed by atoms with E-state index in [0.717, 1.165) is 6.07 Å². The summed E-state index contributed by atoms with van der Waals surface area (Å²) in [4.78, 5) is 9.91. The van der Waals surface area contributed by atoms with E-state index in [1.807, 2.05) is 0 Å². The van der Waals surface area contributed by atoms with Crippen molar-refractivity contribution in [1.29, 1.82) is 0 Å². The maximum absolute atomic E-state index is 12.4. The molecule has 0 amide bonds. The lowest BCUT2D eigenvalue weighted by Crippen LogP contribution is -1.77. The Kier molecular flexibility index (Phi) is 2.58. The number of aldehydes is 1. The zero-order valence-corrected chi connectivity index (χ0v) is 6.20. The molecule has 3 heteroatoms. The molecular formula is C9H7FO2. The van der Waals surface area contributed by atoms with Gasteiger partial charge in [-0.3, -0.25) is 4.79 Å². The van der Waals surface area contributed by atoms with Crippen LogP contribution in [0.4, 0.5) is 4.39 Å². The van der Waals surface area contributed by atoms with E-state index in [0.29, 0.717) is 11.8 Å². The van der Waals surface area contributed by atoms with Crippen LogP contribution in [0.15, 0.2) is 24.3 Å². The van der Waals surface area contributed by atoms with Crippen LogP contribution >= 0.6 is 0 Å². The number of rotatable bonds is 2. The highest BCUT2D eigenvalue weighted by Crippen LogP contribution is 2.18. The Hall–Kier alpha value is -1.64. The number of hydrogen-bond acceptors (Lipinski definition) is 2. The van der Waals surface area contributed by atoms with Crippen LogP contribution in [0.2, 0.25) is 0 Å².